The molecule has 0 aliphatic heterocycles. The van der Waals surface area contributed by atoms with Gasteiger partial charge in [-0.25, -0.2) is 4.98 Å². The summed E-state index contributed by atoms with van der Waals surface area (Å²) in [5.74, 6) is 1.04. The van der Waals surface area contributed by atoms with Gasteiger partial charge in [-0.2, -0.15) is 5.26 Å². The van der Waals surface area contributed by atoms with Crippen molar-refractivity contribution in [2.24, 2.45) is 5.41 Å². The zero-order chi connectivity index (χ0) is 11.3. The number of hydrogen-bond donors (Lipinski definition) is 0. The molecule has 0 amide bonds. The molecule has 0 saturated heterocycles. The minimum Gasteiger partial charge on any atom is -0.441 e. The summed E-state index contributed by atoms with van der Waals surface area (Å²) in [5, 5.41) is 9.03. The molecule has 1 aromatic carbocycles. The lowest BCUT2D eigenvalue weighted by Gasteiger charge is -2.00. The molecule has 2 aromatic rings. The van der Waals surface area contributed by atoms with E-state index in [0.29, 0.717) is 11.8 Å². The van der Waals surface area contributed by atoms with Crippen LogP contribution in [0.2, 0.25) is 0 Å². The largest absolute Gasteiger partial charge is 0.441 e. The highest BCUT2D eigenvalue weighted by Gasteiger charge is 2.51. The summed E-state index contributed by atoms with van der Waals surface area (Å²) < 4.78 is 5.49. The summed E-state index contributed by atoms with van der Waals surface area (Å²) in [7, 11) is 0. The van der Waals surface area contributed by atoms with Crippen LogP contribution in [0.15, 0.2) is 22.6 Å². The van der Waals surface area contributed by atoms with Crippen molar-refractivity contribution < 1.29 is 4.42 Å². The first-order valence-corrected chi connectivity index (χ1v) is 5.41. The van der Waals surface area contributed by atoms with Crippen LogP contribution in [0, 0.1) is 23.7 Å². The quantitative estimate of drug-likeness (QED) is 0.729. The number of oxazole rings is 1. The maximum Gasteiger partial charge on any atom is 0.192 e. The lowest BCUT2D eigenvalue weighted by atomic mass is 10.0. The molecule has 1 aromatic heterocycles. The van der Waals surface area contributed by atoms with Crippen LogP contribution in [0.4, 0.5) is 0 Å². The molecular formula is C13H12N2O. The Labute approximate surface area is 93.7 Å². The molecule has 1 heterocycles. The summed E-state index contributed by atoms with van der Waals surface area (Å²) in [6.45, 7) is 3.85. The van der Waals surface area contributed by atoms with Crippen molar-refractivity contribution in [2.45, 2.75) is 26.2 Å². The normalized spacial score (nSPS) is 27.9. The smallest absolute Gasteiger partial charge is 0.192 e. The Hall–Kier alpha value is -1.82. The van der Waals surface area contributed by atoms with Gasteiger partial charge in [-0.3, -0.25) is 0 Å². The molecule has 3 nitrogen and oxygen atoms in total. The molecule has 3 heteroatoms. The van der Waals surface area contributed by atoms with Crippen LogP contribution in [0.25, 0.3) is 11.1 Å². The molecule has 2 unspecified atom stereocenters. The number of nitriles is 1. The highest BCUT2D eigenvalue weighted by molar-refractivity contribution is 5.73. The SMILES string of the molecule is Cc1nc2ccc(C3CC3(C)C#N)cc2o1. The Morgan fingerprint density at radius 1 is 1.56 bits per heavy atom. The molecule has 2 atom stereocenters. The predicted octanol–water partition coefficient (Wildman–Crippen LogP) is 3.15. The van der Waals surface area contributed by atoms with E-state index >= 15 is 0 Å². The van der Waals surface area contributed by atoms with E-state index in [9.17, 15) is 0 Å². The van der Waals surface area contributed by atoms with Gasteiger partial charge < -0.3 is 4.42 Å². The number of rotatable bonds is 1. The van der Waals surface area contributed by atoms with Crippen molar-refractivity contribution in [1.82, 2.24) is 4.98 Å². The van der Waals surface area contributed by atoms with Gasteiger partial charge in [-0.15, -0.1) is 0 Å². The van der Waals surface area contributed by atoms with E-state index in [0.717, 1.165) is 17.5 Å². The van der Waals surface area contributed by atoms with Crippen molar-refractivity contribution in [3.8, 4) is 6.07 Å². The first kappa shape index (κ1) is 9.41. The molecular weight excluding hydrogens is 200 g/mol. The van der Waals surface area contributed by atoms with Crippen molar-refractivity contribution in [3.63, 3.8) is 0 Å². The van der Waals surface area contributed by atoms with Gasteiger partial charge in [-0.1, -0.05) is 6.07 Å². The molecule has 1 aliphatic rings. The van der Waals surface area contributed by atoms with E-state index in [1.165, 1.54) is 5.56 Å². The number of nitrogens with zero attached hydrogens (tertiary/aromatic N) is 2. The van der Waals surface area contributed by atoms with Crippen LogP contribution in [-0.2, 0) is 0 Å². The van der Waals surface area contributed by atoms with Crippen LogP contribution in [0.3, 0.4) is 0 Å². The fourth-order valence-electron chi connectivity index (χ4n) is 2.25. The second-order valence-corrected chi connectivity index (χ2v) is 4.75. The van der Waals surface area contributed by atoms with E-state index in [4.69, 9.17) is 9.68 Å². The van der Waals surface area contributed by atoms with E-state index in [1.54, 1.807) is 0 Å². The predicted molar refractivity (Wildman–Crippen MR) is 59.8 cm³/mol. The summed E-state index contributed by atoms with van der Waals surface area (Å²) in [4.78, 5) is 4.26. The van der Waals surface area contributed by atoms with Gasteiger partial charge in [0.1, 0.15) is 5.52 Å². The number of aromatic nitrogens is 1. The Balaban J connectivity index is 2.04. The van der Waals surface area contributed by atoms with Gasteiger partial charge >= 0.3 is 0 Å². The highest BCUT2D eigenvalue weighted by Crippen LogP contribution is 2.58. The summed E-state index contributed by atoms with van der Waals surface area (Å²) >= 11 is 0. The van der Waals surface area contributed by atoms with Crippen molar-refractivity contribution in [3.05, 3.63) is 29.7 Å². The van der Waals surface area contributed by atoms with E-state index in [1.807, 2.05) is 26.0 Å². The number of hydrogen-bond acceptors (Lipinski definition) is 3. The third-order valence-electron chi connectivity index (χ3n) is 3.41. The summed E-state index contributed by atoms with van der Waals surface area (Å²) in [6.07, 6.45) is 0.947. The van der Waals surface area contributed by atoms with Gasteiger partial charge in [0, 0.05) is 12.8 Å². The lowest BCUT2D eigenvalue weighted by Crippen LogP contribution is -1.92. The molecule has 0 spiro atoms. The third kappa shape index (κ3) is 1.23. The molecule has 1 fully saturated rings. The fraction of sp³-hybridized carbons (Fsp3) is 0.385. The summed E-state index contributed by atoms with van der Waals surface area (Å²) in [6, 6.07) is 8.41. The molecule has 1 aliphatic carbocycles. The summed E-state index contributed by atoms with van der Waals surface area (Å²) in [5.41, 5.74) is 2.72. The van der Waals surface area contributed by atoms with Gasteiger partial charge in [-0.05, 0) is 31.0 Å². The van der Waals surface area contributed by atoms with Crippen molar-refractivity contribution >= 4 is 11.1 Å². The van der Waals surface area contributed by atoms with Gasteiger partial charge in [0.25, 0.3) is 0 Å². The Morgan fingerprint density at radius 3 is 3.06 bits per heavy atom. The average molecular weight is 212 g/mol. The molecule has 80 valence electrons. The van der Waals surface area contributed by atoms with Crippen LogP contribution in [-0.4, -0.2) is 4.98 Å². The number of aryl methyl sites for hydroxylation is 1. The van der Waals surface area contributed by atoms with Crippen molar-refractivity contribution in [2.75, 3.05) is 0 Å². The van der Waals surface area contributed by atoms with E-state index in [2.05, 4.69) is 17.1 Å². The van der Waals surface area contributed by atoms with Crippen molar-refractivity contribution in [1.29, 1.82) is 5.26 Å². The Kier molecular flexibility index (Phi) is 1.68. The standard InChI is InChI=1S/C13H12N2O/c1-8-15-11-4-3-9(5-12(11)16-8)10-6-13(10,2)7-14/h3-5,10H,6H2,1-2H3. The second kappa shape index (κ2) is 2.85. The molecule has 0 bridgehead atoms. The molecule has 1 saturated carbocycles. The molecule has 3 rings (SSSR count). The minimum absolute atomic E-state index is 0.178. The Morgan fingerprint density at radius 2 is 2.38 bits per heavy atom. The van der Waals surface area contributed by atoms with Gasteiger partial charge in [0.2, 0.25) is 0 Å². The minimum atomic E-state index is -0.178. The first-order valence-electron chi connectivity index (χ1n) is 5.41. The first-order chi connectivity index (χ1) is 7.62. The monoisotopic (exact) mass is 212 g/mol. The zero-order valence-electron chi connectivity index (χ0n) is 9.32. The van der Waals surface area contributed by atoms with Gasteiger partial charge in [0.05, 0.1) is 11.5 Å². The molecule has 0 radical (unpaired) electrons. The van der Waals surface area contributed by atoms with E-state index in [-0.39, 0.29) is 5.41 Å². The van der Waals surface area contributed by atoms with E-state index < -0.39 is 0 Å². The maximum absolute atomic E-state index is 9.03. The fourth-order valence-corrected chi connectivity index (χ4v) is 2.25. The maximum atomic E-state index is 9.03. The van der Waals surface area contributed by atoms with Gasteiger partial charge in [0.15, 0.2) is 11.5 Å². The second-order valence-electron chi connectivity index (χ2n) is 4.75. The average Bonchev–Trinajstić information content (AvgIpc) is 2.81. The van der Waals surface area contributed by atoms with Crippen LogP contribution in [0.5, 0.6) is 0 Å². The Bertz CT molecular complexity index is 608. The zero-order valence-corrected chi connectivity index (χ0v) is 9.32. The third-order valence-corrected chi connectivity index (χ3v) is 3.41. The van der Waals surface area contributed by atoms with Crippen LogP contribution < -0.4 is 0 Å². The van der Waals surface area contributed by atoms with Crippen LogP contribution in [0.1, 0.15) is 30.7 Å². The topological polar surface area (TPSA) is 49.8 Å². The van der Waals surface area contributed by atoms with Crippen LogP contribution >= 0.6 is 0 Å². The number of fused-ring (bicyclic) bond motifs is 1. The lowest BCUT2D eigenvalue weighted by molar-refractivity contribution is 0.560. The molecule has 0 N–H and O–H groups in total. The number of benzene rings is 1. The highest BCUT2D eigenvalue weighted by atomic mass is 16.3. The molecule has 16 heavy (non-hydrogen) atoms.